The molecule has 1 heteroatoms. The molecule has 0 saturated heterocycles. The monoisotopic (exact) mass is 378 g/mol. The maximum Gasteiger partial charge on any atom is 0.00931 e. The van der Waals surface area contributed by atoms with Crippen molar-refractivity contribution in [2.75, 3.05) is 0 Å². The maximum absolute atomic E-state index is 3.97. The van der Waals surface area contributed by atoms with Crippen molar-refractivity contribution in [3.8, 4) is 0 Å². The molecular formula is C19H23I. The van der Waals surface area contributed by atoms with Gasteiger partial charge in [0.05, 0.1) is 0 Å². The topological polar surface area (TPSA) is 0 Å². The summed E-state index contributed by atoms with van der Waals surface area (Å²) in [5.74, 6) is 1.23. The first kappa shape index (κ1) is 15.6. The molecule has 2 unspecified atom stereocenters. The third-order valence-corrected chi connectivity index (χ3v) is 4.67. The zero-order valence-corrected chi connectivity index (χ0v) is 14.1. The average Bonchev–Trinajstić information content (AvgIpc) is 2.52. The molecule has 0 aliphatic heterocycles. The van der Waals surface area contributed by atoms with Crippen molar-refractivity contribution in [1.29, 1.82) is 0 Å². The van der Waals surface area contributed by atoms with Crippen LogP contribution in [0.15, 0.2) is 70.4 Å². The predicted molar refractivity (Wildman–Crippen MR) is 97.9 cm³/mol. The van der Waals surface area contributed by atoms with Crippen LogP contribution in [0, 0.1) is 11.8 Å². The van der Waals surface area contributed by atoms with Crippen LogP contribution >= 0.6 is 22.6 Å². The molecule has 2 atom stereocenters. The fourth-order valence-electron chi connectivity index (χ4n) is 2.71. The first-order chi connectivity index (χ1) is 9.79. The van der Waals surface area contributed by atoms with E-state index >= 15 is 0 Å². The van der Waals surface area contributed by atoms with Gasteiger partial charge in [0.1, 0.15) is 0 Å². The highest BCUT2D eigenvalue weighted by Gasteiger charge is 2.10. The van der Waals surface area contributed by atoms with Gasteiger partial charge in [0.15, 0.2) is 0 Å². The summed E-state index contributed by atoms with van der Waals surface area (Å²) in [6.45, 7) is 3.97. The minimum atomic E-state index is 0.491. The second kappa shape index (κ2) is 8.46. The van der Waals surface area contributed by atoms with E-state index in [1.807, 2.05) is 6.08 Å². The van der Waals surface area contributed by atoms with Crippen LogP contribution in [0.4, 0.5) is 0 Å². The maximum atomic E-state index is 3.97. The summed E-state index contributed by atoms with van der Waals surface area (Å²) in [6, 6.07) is 0. The minimum absolute atomic E-state index is 0.491. The molecule has 0 N–H and O–H groups in total. The number of halogens is 1. The first-order valence-electron chi connectivity index (χ1n) is 7.49. The van der Waals surface area contributed by atoms with Gasteiger partial charge in [-0.25, -0.2) is 0 Å². The molecule has 2 rings (SSSR count). The van der Waals surface area contributed by atoms with Gasteiger partial charge in [0.2, 0.25) is 0 Å². The molecule has 0 fully saturated rings. The van der Waals surface area contributed by atoms with Crippen LogP contribution in [0.2, 0.25) is 0 Å². The Bertz CT molecular complexity index is 474. The highest BCUT2D eigenvalue weighted by molar-refractivity contribution is 14.1. The van der Waals surface area contributed by atoms with Crippen molar-refractivity contribution in [1.82, 2.24) is 0 Å². The van der Waals surface area contributed by atoms with Crippen molar-refractivity contribution < 1.29 is 0 Å². The third kappa shape index (κ3) is 4.93. The van der Waals surface area contributed by atoms with Crippen LogP contribution < -0.4 is 0 Å². The number of rotatable bonds is 5. The fourth-order valence-corrected chi connectivity index (χ4v) is 3.32. The van der Waals surface area contributed by atoms with E-state index in [1.54, 1.807) is 0 Å². The highest BCUT2D eigenvalue weighted by Crippen LogP contribution is 2.26. The number of hydrogen-bond donors (Lipinski definition) is 0. The predicted octanol–water partition coefficient (Wildman–Crippen LogP) is 6.30. The van der Waals surface area contributed by atoms with E-state index in [-0.39, 0.29) is 0 Å². The summed E-state index contributed by atoms with van der Waals surface area (Å²) in [4.78, 5) is 0. The summed E-state index contributed by atoms with van der Waals surface area (Å²) in [5, 5.41) is 0. The molecule has 0 amide bonds. The summed E-state index contributed by atoms with van der Waals surface area (Å²) in [5.41, 5.74) is 1.32. The van der Waals surface area contributed by atoms with Gasteiger partial charge in [0.25, 0.3) is 0 Å². The van der Waals surface area contributed by atoms with E-state index in [4.69, 9.17) is 0 Å². The van der Waals surface area contributed by atoms with Gasteiger partial charge in [-0.05, 0) is 72.3 Å². The van der Waals surface area contributed by atoms with Gasteiger partial charge < -0.3 is 0 Å². The standard InChI is InChI=1S/C19H23I/c1-2-17(18-11-7-4-8-12-18)15-19(20)14-13-16-9-5-3-6-10-16/h2,4-5,7-9,11,14-16,18H,1,3,6,10,12-13H2/b17-15+,19-14+. The van der Waals surface area contributed by atoms with E-state index in [0.717, 1.165) is 18.8 Å². The van der Waals surface area contributed by atoms with E-state index in [0.29, 0.717) is 5.92 Å². The Balaban J connectivity index is 1.97. The molecule has 0 saturated carbocycles. The Labute approximate surface area is 136 Å². The Morgan fingerprint density at radius 1 is 1.25 bits per heavy atom. The molecule has 0 spiro atoms. The van der Waals surface area contributed by atoms with Crippen molar-refractivity contribution in [2.45, 2.75) is 32.1 Å². The summed E-state index contributed by atoms with van der Waals surface area (Å²) in [6.07, 6.45) is 26.3. The van der Waals surface area contributed by atoms with Crippen LogP contribution in [0.5, 0.6) is 0 Å². The SMILES string of the molecule is C=C/C(=C\C(I)=C/CC1C=CCCC1)C1C=CC=CC1. The van der Waals surface area contributed by atoms with E-state index in [9.17, 15) is 0 Å². The van der Waals surface area contributed by atoms with Crippen LogP contribution in [-0.2, 0) is 0 Å². The fraction of sp³-hybridized carbons (Fsp3) is 0.368. The van der Waals surface area contributed by atoms with Gasteiger partial charge in [-0.3, -0.25) is 0 Å². The minimum Gasteiger partial charge on any atom is -0.0988 e. The van der Waals surface area contributed by atoms with Crippen molar-refractivity contribution in [3.63, 3.8) is 0 Å². The molecular weight excluding hydrogens is 355 g/mol. The summed E-state index contributed by atoms with van der Waals surface area (Å²) >= 11 is 2.44. The van der Waals surface area contributed by atoms with Crippen molar-refractivity contribution >= 4 is 22.6 Å². The molecule has 2 aliphatic rings. The molecule has 0 heterocycles. The van der Waals surface area contributed by atoms with Crippen LogP contribution in [0.1, 0.15) is 32.1 Å². The Morgan fingerprint density at radius 3 is 2.80 bits per heavy atom. The smallest absolute Gasteiger partial charge is 0.00931 e. The lowest BCUT2D eigenvalue weighted by atomic mass is 9.91. The quantitative estimate of drug-likeness (QED) is 0.299. The van der Waals surface area contributed by atoms with Crippen molar-refractivity contribution in [2.24, 2.45) is 11.8 Å². The zero-order valence-electron chi connectivity index (χ0n) is 12.0. The normalized spacial score (nSPS) is 26.9. The molecule has 0 radical (unpaired) electrons. The first-order valence-corrected chi connectivity index (χ1v) is 8.57. The highest BCUT2D eigenvalue weighted by atomic mass is 127. The second-order valence-corrected chi connectivity index (χ2v) is 6.69. The third-order valence-electron chi connectivity index (χ3n) is 3.92. The Kier molecular flexibility index (Phi) is 6.58. The zero-order chi connectivity index (χ0) is 14.2. The van der Waals surface area contributed by atoms with E-state index < -0.39 is 0 Å². The van der Waals surface area contributed by atoms with Gasteiger partial charge in [-0.2, -0.15) is 0 Å². The molecule has 0 aromatic rings. The Morgan fingerprint density at radius 2 is 2.15 bits per heavy atom. The van der Waals surface area contributed by atoms with Crippen molar-refractivity contribution in [3.05, 3.63) is 70.4 Å². The lowest BCUT2D eigenvalue weighted by molar-refractivity contribution is 0.547. The summed E-state index contributed by atoms with van der Waals surface area (Å²) in [7, 11) is 0. The van der Waals surface area contributed by atoms with Gasteiger partial charge >= 0.3 is 0 Å². The average molecular weight is 378 g/mol. The van der Waals surface area contributed by atoms with Crippen LogP contribution in [-0.4, -0.2) is 0 Å². The molecule has 106 valence electrons. The number of hydrogen-bond acceptors (Lipinski definition) is 0. The largest absolute Gasteiger partial charge is 0.0988 e. The Hall–Kier alpha value is -0.830. The van der Waals surface area contributed by atoms with E-state index in [1.165, 1.54) is 28.4 Å². The molecule has 0 bridgehead atoms. The van der Waals surface area contributed by atoms with Gasteiger partial charge in [0, 0.05) is 9.50 Å². The number of allylic oxidation sites excluding steroid dienone is 11. The van der Waals surface area contributed by atoms with Crippen LogP contribution in [0.3, 0.4) is 0 Å². The lowest BCUT2D eigenvalue weighted by Gasteiger charge is -2.15. The molecule has 0 nitrogen and oxygen atoms in total. The second-order valence-electron chi connectivity index (χ2n) is 5.45. The molecule has 0 aromatic heterocycles. The van der Waals surface area contributed by atoms with E-state index in [2.05, 4.69) is 77.8 Å². The van der Waals surface area contributed by atoms with Crippen LogP contribution in [0.25, 0.3) is 0 Å². The molecule has 0 aromatic carbocycles. The van der Waals surface area contributed by atoms with Gasteiger partial charge in [-0.1, -0.05) is 55.2 Å². The molecule has 20 heavy (non-hydrogen) atoms. The van der Waals surface area contributed by atoms with Gasteiger partial charge in [-0.15, -0.1) is 0 Å². The lowest BCUT2D eigenvalue weighted by Crippen LogP contribution is -2.00. The molecule has 2 aliphatic carbocycles. The summed E-state index contributed by atoms with van der Waals surface area (Å²) < 4.78 is 1.33.